The van der Waals surface area contributed by atoms with Crippen molar-refractivity contribution in [2.75, 3.05) is 5.75 Å². The molecule has 0 fully saturated rings. The third kappa shape index (κ3) is 3.54. The number of aromatic nitrogens is 2. The van der Waals surface area contributed by atoms with Crippen molar-refractivity contribution in [2.45, 2.75) is 25.5 Å². The first-order chi connectivity index (χ1) is 6.38. The first-order valence-corrected chi connectivity index (χ1v) is 5.53. The van der Waals surface area contributed by atoms with Gasteiger partial charge in [-0.25, -0.2) is 0 Å². The van der Waals surface area contributed by atoms with Gasteiger partial charge >= 0.3 is 0 Å². The van der Waals surface area contributed by atoms with Gasteiger partial charge in [0, 0.05) is 18.0 Å². The normalized spacial score (nSPS) is 11.7. The summed E-state index contributed by atoms with van der Waals surface area (Å²) in [7, 11) is 1.81. The van der Waals surface area contributed by atoms with E-state index < -0.39 is 0 Å². The van der Waals surface area contributed by atoms with E-state index in [4.69, 9.17) is 0 Å². The Morgan fingerprint density at radius 3 is 2.64 bits per heavy atom. The largest absolute Gasteiger partial charge is 0.293 e. The van der Waals surface area contributed by atoms with Gasteiger partial charge in [0.1, 0.15) is 0 Å². The van der Waals surface area contributed by atoms with Crippen LogP contribution in [0.4, 0.5) is 0 Å². The first-order valence-electron chi connectivity index (χ1n) is 4.54. The Morgan fingerprint density at radius 2 is 2.21 bits per heavy atom. The molecule has 14 heavy (non-hydrogen) atoms. The highest BCUT2D eigenvalue weighted by atomic mass is 32.2. The Labute approximate surface area is 88.9 Å². The van der Waals surface area contributed by atoms with Crippen LogP contribution in [0.1, 0.15) is 31.1 Å². The molecule has 0 aromatic carbocycles. The highest BCUT2D eigenvalue weighted by Crippen LogP contribution is 2.23. The zero-order valence-corrected chi connectivity index (χ0v) is 9.89. The third-order valence-electron chi connectivity index (χ3n) is 1.66. The van der Waals surface area contributed by atoms with Gasteiger partial charge < -0.3 is 0 Å². The van der Waals surface area contributed by atoms with Crippen LogP contribution in [-0.2, 0) is 7.05 Å². The van der Waals surface area contributed by atoms with Crippen LogP contribution in [0.2, 0.25) is 0 Å². The molecule has 0 saturated carbocycles. The van der Waals surface area contributed by atoms with Gasteiger partial charge in [0.15, 0.2) is 5.78 Å². The molecule has 0 N–H and O–H groups in total. The lowest BCUT2D eigenvalue weighted by atomic mass is 10.2. The molecule has 0 aliphatic carbocycles. The lowest BCUT2D eigenvalue weighted by molar-refractivity contribution is 0.102. The fraction of sp³-hybridized carbons (Fsp3) is 0.600. The molecule has 1 heterocycles. The number of nitrogens with zero attached hydrogens (tertiary/aromatic N) is 2. The van der Waals surface area contributed by atoms with Crippen LogP contribution in [0.5, 0.6) is 0 Å². The van der Waals surface area contributed by atoms with E-state index in [1.165, 1.54) is 0 Å². The molecule has 0 radical (unpaired) electrons. The number of carbonyl (C=O) groups is 1. The van der Waals surface area contributed by atoms with Gasteiger partial charge in [-0.05, 0) is 0 Å². The van der Waals surface area contributed by atoms with E-state index in [1.54, 1.807) is 28.8 Å². The highest BCUT2D eigenvalue weighted by Gasteiger charge is 2.15. The van der Waals surface area contributed by atoms with Gasteiger partial charge in [0.2, 0.25) is 0 Å². The van der Waals surface area contributed by atoms with Gasteiger partial charge in [-0.15, -0.1) is 11.8 Å². The number of rotatable bonds is 3. The maximum atomic E-state index is 11.6. The van der Waals surface area contributed by atoms with E-state index in [2.05, 4.69) is 25.9 Å². The molecule has 1 aromatic rings. The molecule has 3 nitrogen and oxygen atoms in total. The number of hydrogen-bond donors (Lipinski definition) is 0. The smallest absolute Gasteiger partial charge is 0.175 e. The summed E-state index contributed by atoms with van der Waals surface area (Å²) >= 11 is 1.66. The Kier molecular flexibility index (Phi) is 3.37. The van der Waals surface area contributed by atoms with Crippen LogP contribution in [0.3, 0.4) is 0 Å². The van der Waals surface area contributed by atoms with E-state index >= 15 is 0 Å². The number of thioether (sulfide) groups is 1. The Hall–Kier alpha value is -0.770. The second-order valence-electron chi connectivity index (χ2n) is 4.23. The summed E-state index contributed by atoms with van der Waals surface area (Å²) in [5, 5.41) is 3.97. The van der Waals surface area contributed by atoms with E-state index in [1.807, 2.05) is 7.05 Å². The van der Waals surface area contributed by atoms with Crippen LogP contribution >= 0.6 is 11.8 Å². The van der Waals surface area contributed by atoms with Gasteiger partial charge in [0.05, 0.1) is 17.5 Å². The van der Waals surface area contributed by atoms with Crippen molar-refractivity contribution < 1.29 is 4.79 Å². The lowest BCUT2D eigenvalue weighted by Crippen LogP contribution is -2.12. The van der Waals surface area contributed by atoms with E-state index in [-0.39, 0.29) is 10.5 Å². The van der Waals surface area contributed by atoms with Crippen LogP contribution < -0.4 is 0 Å². The number of ketones is 1. The van der Waals surface area contributed by atoms with Crippen LogP contribution in [0.25, 0.3) is 0 Å². The van der Waals surface area contributed by atoms with Crippen molar-refractivity contribution >= 4 is 17.5 Å². The molecule has 4 heteroatoms. The Bertz CT molecular complexity index is 325. The van der Waals surface area contributed by atoms with Gasteiger partial charge in [-0.2, -0.15) is 5.10 Å². The topological polar surface area (TPSA) is 34.9 Å². The molecule has 0 bridgehead atoms. The van der Waals surface area contributed by atoms with Gasteiger partial charge in [0.25, 0.3) is 0 Å². The average molecular weight is 212 g/mol. The maximum absolute atomic E-state index is 11.6. The zero-order valence-electron chi connectivity index (χ0n) is 9.07. The fourth-order valence-corrected chi connectivity index (χ4v) is 1.66. The van der Waals surface area contributed by atoms with E-state index in [0.29, 0.717) is 11.3 Å². The molecule has 0 aliphatic heterocycles. The number of aryl methyl sites for hydroxylation is 1. The highest BCUT2D eigenvalue weighted by molar-refractivity contribution is 8.01. The molecule has 0 saturated heterocycles. The molecule has 1 aromatic heterocycles. The Balaban J connectivity index is 2.52. The maximum Gasteiger partial charge on any atom is 0.175 e. The molecule has 0 unspecified atom stereocenters. The number of hydrogen-bond acceptors (Lipinski definition) is 3. The van der Waals surface area contributed by atoms with Crippen LogP contribution in [0.15, 0.2) is 12.4 Å². The first kappa shape index (κ1) is 11.3. The molecule has 0 amide bonds. The van der Waals surface area contributed by atoms with Crippen molar-refractivity contribution in [3.05, 3.63) is 18.0 Å². The van der Waals surface area contributed by atoms with Crippen molar-refractivity contribution in [2.24, 2.45) is 7.05 Å². The predicted molar refractivity (Wildman–Crippen MR) is 59.7 cm³/mol. The predicted octanol–water partition coefficient (Wildman–Crippen LogP) is 2.13. The summed E-state index contributed by atoms with van der Waals surface area (Å²) in [6, 6.07) is 0. The minimum atomic E-state index is 0.137. The quantitative estimate of drug-likeness (QED) is 0.720. The van der Waals surface area contributed by atoms with Gasteiger partial charge in [-0.1, -0.05) is 20.8 Å². The lowest BCUT2D eigenvalue weighted by Gasteiger charge is -2.16. The van der Waals surface area contributed by atoms with E-state index in [9.17, 15) is 4.79 Å². The summed E-state index contributed by atoms with van der Waals surface area (Å²) in [6.07, 6.45) is 3.37. The molecule has 0 aliphatic rings. The molecule has 0 atom stereocenters. The Morgan fingerprint density at radius 1 is 1.57 bits per heavy atom. The molecular formula is C10H16N2OS. The van der Waals surface area contributed by atoms with E-state index in [0.717, 1.165) is 0 Å². The summed E-state index contributed by atoms with van der Waals surface area (Å²) in [4.78, 5) is 11.6. The van der Waals surface area contributed by atoms with Crippen LogP contribution in [-0.4, -0.2) is 26.1 Å². The molecule has 1 rings (SSSR count). The standard InChI is InChI=1S/C10H16N2OS/c1-10(2,3)14-7-9(13)8-5-11-12(4)6-8/h5-6H,7H2,1-4H3. The molecule has 78 valence electrons. The summed E-state index contributed by atoms with van der Waals surface area (Å²) in [5.41, 5.74) is 0.698. The van der Waals surface area contributed by atoms with Crippen LogP contribution in [0, 0.1) is 0 Å². The molecular weight excluding hydrogens is 196 g/mol. The van der Waals surface area contributed by atoms with Crippen molar-refractivity contribution in [1.82, 2.24) is 9.78 Å². The minimum absolute atomic E-state index is 0.137. The molecule has 0 spiro atoms. The van der Waals surface area contributed by atoms with Crippen molar-refractivity contribution in [3.63, 3.8) is 0 Å². The average Bonchev–Trinajstić information content (AvgIpc) is 2.46. The third-order valence-corrected chi connectivity index (χ3v) is 2.94. The van der Waals surface area contributed by atoms with Crippen molar-refractivity contribution in [1.29, 1.82) is 0 Å². The zero-order chi connectivity index (χ0) is 10.8. The van der Waals surface area contributed by atoms with Crippen molar-refractivity contribution in [3.8, 4) is 0 Å². The summed E-state index contributed by atoms with van der Waals surface area (Å²) < 4.78 is 1.78. The summed E-state index contributed by atoms with van der Waals surface area (Å²) in [6.45, 7) is 6.32. The minimum Gasteiger partial charge on any atom is -0.293 e. The number of Topliss-reactive ketones (excluding diaryl/α,β-unsaturated/α-hetero) is 1. The second-order valence-corrected chi connectivity index (χ2v) is 6.03. The monoisotopic (exact) mass is 212 g/mol. The fourth-order valence-electron chi connectivity index (χ4n) is 0.931. The SMILES string of the molecule is Cn1cc(C(=O)CSC(C)(C)C)cn1. The number of carbonyl (C=O) groups excluding carboxylic acids is 1. The van der Waals surface area contributed by atoms with Gasteiger partial charge in [-0.3, -0.25) is 9.48 Å². The second kappa shape index (κ2) is 4.17. The summed E-state index contributed by atoms with van der Waals surface area (Å²) in [5.74, 6) is 0.674.